The molecule has 31 heavy (non-hydrogen) atoms. The normalized spacial score (nSPS) is 11.6. The van der Waals surface area contributed by atoms with Gasteiger partial charge in [0.25, 0.3) is 5.91 Å². The van der Waals surface area contributed by atoms with E-state index in [1.807, 2.05) is 24.3 Å². The van der Waals surface area contributed by atoms with E-state index in [2.05, 4.69) is 10.3 Å². The fraction of sp³-hybridized carbons (Fsp3) is 0.182. The van der Waals surface area contributed by atoms with Gasteiger partial charge in [-0.3, -0.25) is 9.20 Å². The van der Waals surface area contributed by atoms with Gasteiger partial charge in [-0.2, -0.15) is 13.2 Å². The van der Waals surface area contributed by atoms with Crippen LogP contribution < -0.4 is 10.1 Å². The summed E-state index contributed by atoms with van der Waals surface area (Å²) in [6.07, 6.45) is -0.319. The van der Waals surface area contributed by atoms with Crippen LogP contribution in [-0.2, 0) is 12.6 Å². The number of carbonyl (C=O) groups excluding carboxylic acids is 1. The third-order valence-electron chi connectivity index (χ3n) is 4.74. The van der Waals surface area contributed by atoms with Crippen LogP contribution in [0.4, 0.5) is 13.2 Å². The van der Waals surface area contributed by atoms with Gasteiger partial charge in [-0.1, -0.05) is 35.6 Å². The van der Waals surface area contributed by atoms with Crippen LogP contribution in [0.1, 0.15) is 21.6 Å². The largest absolute Gasteiger partial charge is 0.497 e. The molecule has 0 spiro atoms. The first-order valence-corrected chi connectivity index (χ1v) is 10.2. The fourth-order valence-electron chi connectivity index (χ4n) is 3.07. The summed E-state index contributed by atoms with van der Waals surface area (Å²) in [5, 5.41) is 2.85. The molecule has 160 valence electrons. The van der Waals surface area contributed by atoms with Gasteiger partial charge in [0.1, 0.15) is 11.4 Å². The van der Waals surface area contributed by atoms with Crippen molar-refractivity contribution in [2.75, 3.05) is 13.7 Å². The Morgan fingerprint density at radius 1 is 1.10 bits per heavy atom. The smallest absolute Gasteiger partial charge is 0.416 e. The lowest BCUT2D eigenvalue weighted by molar-refractivity contribution is -0.137. The zero-order valence-electron chi connectivity index (χ0n) is 16.4. The second-order valence-corrected chi connectivity index (χ2v) is 7.85. The Morgan fingerprint density at radius 3 is 2.42 bits per heavy atom. The van der Waals surface area contributed by atoms with Crippen molar-refractivity contribution < 1.29 is 22.7 Å². The van der Waals surface area contributed by atoms with Crippen molar-refractivity contribution >= 4 is 22.2 Å². The van der Waals surface area contributed by atoms with E-state index in [0.717, 1.165) is 28.3 Å². The lowest BCUT2D eigenvalue weighted by Crippen LogP contribution is -2.25. The number of nitrogens with one attached hydrogen (secondary N) is 1. The topological polar surface area (TPSA) is 55.6 Å². The van der Waals surface area contributed by atoms with Crippen molar-refractivity contribution in [1.82, 2.24) is 14.7 Å². The average Bonchev–Trinajstić information content (AvgIpc) is 3.33. The number of ether oxygens (including phenoxy) is 1. The van der Waals surface area contributed by atoms with E-state index < -0.39 is 11.7 Å². The van der Waals surface area contributed by atoms with Crippen LogP contribution in [0.2, 0.25) is 0 Å². The molecule has 0 aliphatic heterocycles. The van der Waals surface area contributed by atoms with Crippen molar-refractivity contribution in [3.8, 4) is 16.2 Å². The van der Waals surface area contributed by atoms with Crippen LogP contribution in [0.3, 0.4) is 0 Å². The van der Waals surface area contributed by atoms with Gasteiger partial charge >= 0.3 is 6.18 Å². The molecule has 0 aliphatic carbocycles. The van der Waals surface area contributed by atoms with Crippen LogP contribution in [-0.4, -0.2) is 28.9 Å². The Hall–Kier alpha value is -3.33. The molecular formula is C22H18F3N3O2S. The average molecular weight is 445 g/mol. The first-order valence-electron chi connectivity index (χ1n) is 9.41. The molecule has 2 aromatic carbocycles. The molecular weight excluding hydrogens is 427 g/mol. The third-order valence-corrected chi connectivity index (χ3v) is 5.79. The van der Waals surface area contributed by atoms with Crippen molar-refractivity contribution in [3.63, 3.8) is 0 Å². The van der Waals surface area contributed by atoms with Crippen LogP contribution in [0.25, 0.3) is 15.4 Å². The molecule has 0 saturated heterocycles. The Balaban J connectivity index is 1.39. The van der Waals surface area contributed by atoms with Crippen LogP contribution >= 0.6 is 11.3 Å². The quantitative estimate of drug-likeness (QED) is 0.451. The molecule has 0 bridgehead atoms. The zero-order valence-corrected chi connectivity index (χ0v) is 17.3. The second-order valence-electron chi connectivity index (χ2n) is 6.84. The zero-order chi connectivity index (χ0) is 22.0. The van der Waals surface area contributed by atoms with E-state index >= 15 is 0 Å². The van der Waals surface area contributed by atoms with Crippen LogP contribution in [0, 0.1) is 0 Å². The third kappa shape index (κ3) is 4.72. The number of alkyl halides is 3. The molecule has 9 heteroatoms. The molecule has 2 heterocycles. The molecule has 0 fully saturated rings. The monoisotopic (exact) mass is 445 g/mol. The number of carbonyl (C=O) groups is 1. The van der Waals surface area contributed by atoms with Gasteiger partial charge in [0.15, 0.2) is 4.96 Å². The highest BCUT2D eigenvalue weighted by atomic mass is 32.1. The van der Waals surface area contributed by atoms with Gasteiger partial charge in [0, 0.05) is 18.9 Å². The molecule has 0 saturated carbocycles. The minimum atomic E-state index is -4.36. The van der Waals surface area contributed by atoms with E-state index in [0.29, 0.717) is 29.2 Å². The van der Waals surface area contributed by atoms with Gasteiger partial charge in [0.05, 0.1) is 17.6 Å². The van der Waals surface area contributed by atoms with E-state index in [-0.39, 0.29) is 5.91 Å². The summed E-state index contributed by atoms with van der Waals surface area (Å²) < 4.78 is 45.0. The highest BCUT2D eigenvalue weighted by Crippen LogP contribution is 2.33. The molecule has 1 N–H and O–H groups in total. The molecule has 0 atom stereocenters. The van der Waals surface area contributed by atoms with Gasteiger partial charge in [-0.15, -0.1) is 0 Å². The number of benzene rings is 2. The number of nitrogens with zero attached hydrogens (tertiary/aromatic N) is 2. The summed E-state index contributed by atoms with van der Waals surface area (Å²) in [6, 6.07) is 12.6. The lowest BCUT2D eigenvalue weighted by atomic mass is 10.1. The molecule has 1 amide bonds. The molecule has 0 unspecified atom stereocenters. The predicted octanol–water partition coefficient (Wildman–Crippen LogP) is 5.06. The lowest BCUT2D eigenvalue weighted by Gasteiger charge is -2.06. The number of hydrogen-bond acceptors (Lipinski definition) is 4. The highest BCUT2D eigenvalue weighted by molar-refractivity contribution is 7.20. The Bertz CT molecular complexity index is 1160. The molecule has 4 aromatic rings. The van der Waals surface area contributed by atoms with E-state index in [1.165, 1.54) is 23.5 Å². The standard InChI is InChI=1S/C22H18F3N3O2S/c1-30-17-8-2-14(3-9-17)10-11-26-20(29)18-12-28-13-19(31-21(28)27-18)15-4-6-16(7-5-15)22(23,24)25/h2-9,12-13H,10-11H2,1H3,(H,26,29). The number of rotatable bonds is 6. The Morgan fingerprint density at radius 2 is 1.81 bits per heavy atom. The summed E-state index contributed by atoms with van der Waals surface area (Å²) in [5.74, 6) is 0.502. The maximum absolute atomic E-state index is 12.7. The molecule has 0 aliphatic rings. The van der Waals surface area contributed by atoms with Crippen molar-refractivity contribution in [3.05, 3.63) is 77.7 Å². The number of methoxy groups -OCH3 is 1. The van der Waals surface area contributed by atoms with E-state index in [4.69, 9.17) is 4.74 Å². The van der Waals surface area contributed by atoms with Crippen LogP contribution in [0.5, 0.6) is 5.75 Å². The minimum Gasteiger partial charge on any atom is -0.497 e. The van der Waals surface area contributed by atoms with Gasteiger partial charge in [-0.25, -0.2) is 4.98 Å². The van der Waals surface area contributed by atoms with E-state index in [1.54, 1.807) is 23.9 Å². The van der Waals surface area contributed by atoms with Crippen molar-refractivity contribution in [2.24, 2.45) is 0 Å². The SMILES string of the molecule is COc1ccc(CCNC(=O)c2cn3cc(-c4ccc(C(F)(F)F)cc4)sc3n2)cc1. The van der Waals surface area contributed by atoms with Crippen molar-refractivity contribution in [1.29, 1.82) is 0 Å². The van der Waals surface area contributed by atoms with Crippen molar-refractivity contribution in [2.45, 2.75) is 12.6 Å². The Kier molecular flexibility index (Phi) is 5.69. The minimum absolute atomic E-state index is 0.277. The fourth-order valence-corrected chi connectivity index (χ4v) is 4.04. The Labute approximate surface area is 180 Å². The number of thiazole rings is 1. The van der Waals surface area contributed by atoms with Gasteiger partial charge < -0.3 is 10.1 Å². The first kappa shape index (κ1) is 20.9. The first-order chi connectivity index (χ1) is 14.8. The van der Waals surface area contributed by atoms with E-state index in [9.17, 15) is 18.0 Å². The van der Waals surface area contributed by atoms with Crippen LogP contribution in [0.15, 0.2) is 60.9 Å². The molecule has 2 aromatic heterocycles. The maximum atomic E-state index is 12.7. The highest BCUT2D eigenvalue weighted by Gasteiger charge is 2.30. The predicted molar refractivity (Wildman–Crippen MR) is 113 cm³/mol. The molecule has 5 nitrogen and oxygen atoms in total. The number of aromatic nitrogens is 2. The summed E-state index contributed by atoms with van der Waals surface area (Å²) in [4.78, 5) is 18.1. The second kappa shape index (κ2) is 8.43. The van der Waals surface area contributed by atoms with Gasteiger partial charge in [-0.05, 0) is 41.8 Å². The number of amides is 1. The maximum Gasteiger partial charge on any atom is 0.416 e. The number of hydrogen-bond donors (Lipinski definition) is 1. The summed E-state index contributed by atoms with van der Waals surface area (Å²) in [7, 11) is 1.61. The molecule has 4 rings (SSSR count). The van der Waals surface area contributed by atoms with Gasteiger partial charge in [0.2, 0.25) is 0 Å². The number of imidazole rings is 1. The number of halogens is 3. The molecule has 0 radical (unpaired) electrons. The summed E-state index contributed by atoms with van der Waals surface area (Å²) >= 11 is 1.30. The number of fused-ring (bicyclic) bond motifs is 1. The summed E-state index contributed by atoms with van der Waals surface area (Å²) in [5.41, 5.74) is 1.34. The summed E-state index contributed by atoms with van der Waals surface area (Å²) in [6.45, 7) is 0.465.